The Morgan fingerprint density at radius 1 is 1.30 bits per heavy atom. The summed E-state index contributed by atoms with van der Waals surface area (Å²) in [6, 6.07) is 0. The fourth-order valence-corrected chi connectivity index (χ4v) is 3.04. The van der Waals surface area contributed by atoms with Crippen molar-refractivity contribution in [1.82, 2.24) is 15.5 Å². The SMILES string of the molecule is CCc1n[nH]c(=O)c(CNCC(O)C2(O)CCOCC2)c1CC. The second kappa shape index (κ2) is 8.01. The average Bonchev–Trinajstić information content (AvgIpc) is 2.56. The molecule has 1 fully saturated rings. The summed E-state index contributed by atoms with van der Waals surface area (Å²) in [7, 11) is 0. The molecule has 7 heteroatoms. The summed E-state index contributed by atoms with van der Waals surface area (Å²) < 4.78 is 5.22. The van der Waals surface area contributed by atoms with E-state index in [1.165, 1.54) is 0 Å². The maximum atomic E-state index is 12.0. The van der Waals surface area contributed by atoms with Crippen LogP contribution in [0.2, 0.25) is 0 Å². The Labute approximate surface area is 136 Å². The van der Waals surface area contributed by atoms with Gasteiger partial charge in [0.2, 0.25) is 0 Å². The minimum absolute atomic E-state index is 0.203. The molecule has 1 aliphatic heterocycles. The molecule has 1 saturated heterocycles. The Morgan fingerprint density at radius 3 is 2.61 bits per heavy atom. The highest BCUT2D eigenvalue weighted by atomic mass is 16.5. The minimum atomic E-state index is -1.11. The molecule has 1 unspecified atom stereocenters. The molecule has 1 aliphatic rings. The van der Waals surface area contributed by atoms with E-state index in [2.05, 4.69) is 15.5 Å². The third-order valence-corrected chi connectivity index (χ3v) is 4.59. The summed E-state index contributed by atoms with van der Waals surface area (Å²) in [4.78, 5) is 12.0. The molecule has 0 aliphatic carbocycles. The monoisotopic (exact) mass is 325 g/mol. The van der Waals surface area contributed by atoms with Crippen LogP contribution in [0.15, 0.2) is 4.79 Å². The molecule has 0 aromatic carbocycles. The number of H-pyrrole nitrogens is 1. The molecule has 0 saturated carbocycles. The van der Waals surface area contributed by atoms with Gasteiger partial charge in [-0.2, -0.15) is 5.10 Å². The molecule has 0 bridgehead atoms. The van der Waals surface area contributed by atoms with Crippen LogP contribution in [0.4, 0.5) is 0 Å². The van der Waals surface area contributed by atoms with Crippen LogP contribution in [0, 0.1) is 0 Å². The van der Waals surface area contributed by atoms with E-state index < -0.39 is 11.7 Å². The lowest BCUT2D eigenvalue weighted by molar-refractivity contribution is -0.130. The number of hydrogen-bond donors (Lipinski definition) is 4. The molecule has 4 N–H and O–H groups in total. The van der Waals surface area contributed by atoms with Gasteiger partial charge in [-0.25, -0.2) is 5.10 Å². The number of ether oxygens (including phenoxy) is 1. The molecule has 1 aromatic heterocycles. The fourth-order valence-electron chi connectivity index (χ4n) is 3.04. The topological polar surface area (TPSA) is 107 Å². The maximum Gasteiger partial charge on any atom is 0.268 e. The highest BCUT2D eigenvalue weighted by Gasteiger charge is 2.37. The van der Waals surface area contributed by atoms with Crippen LogP contribution in [0.25, 0.3) is 0 Å². The van der Waals surface area contributed by atoms with Crippen molar-refractivity contribution in [2.45, 2.75) is 57.8 Å². The first kappa shape index (κ1) is 18.1. The number of aryl methyl sites for hydroxylation is 1. The van der Waals surface area contributed by atoms with Gasteiger partial charge in [0.15, 0.2) is 0 Å². The largest absolute Gasteiger partial charge is 0.389 e. The van der Waals surface area contributed by atoms with Crippen molar-refractivity contribution in [3.05, 3.63) is 27.2 Å². The quantitative estimate of drug-likeness (QED) is 0.557. The van der Waals surface area contributed by atoms with Crippen molar-refractivity contribution in [1.29, 1.82) is 0 Å². The molecule has 130 valence electrons. The fraction of sp³-hybridized carbons (Fsp3) is 0.750. The molecular formula is C16H27N3O4. The van der Waals surface area contributed by atoms with Crippen LogP contribution in [-0.4, -0.2) is 51.9 Å². The Kier molecular flexibility index (Phi) is 6.29. The summed E-state index contributed by atoms with van der Waals surface area (Å²) in [5, 5.41) is 30.4. The minimum Gasteiger partial charge on any atom is -0.389 e. The van der Waals surface area contributed by atoms with Gasteiger partial charge < -0.3 is 20.3 Å². The first-order valence-corrected chi connectivity index (χ1v) is 8.30. The Balaban J connectivity index is 2.00. The van der Waals surface area contributed by atoms with Gasteiger partial charge in [-0.3, -0.25) is 4.79 Å². The zero-order chi connectivity index (χ0) is 16.9. The molecule has 0 radical (unpaired) electrons. The molecule has 7 nitrogen and oxygen atoms in total. The van der Waals surface area contributed by atoms with Gasteiger partial charge in [-0.1, -0.05) is 13.8 Å². The van der Waals surface area contributed by atoms with Gasteiger partial charge >= 0.3 is 0 Å². The lowest BCUT2D eigenvalue weighted by atomic mass is 9.88. The number of aliphatic hydroxyl groups excluding tert-OH is 1. The van der Waals surface area contributed by atoms with Crippen LogP contribution in [0.5, 0.6) is 0 Å². The molecule has 1 aromatic rings. The lowest BCUT2D eigenvalue weighted by Crippen LogP contribution is -2.51. The molecule has 1 atom stereocenters. The van der Waals surface area contributed by atoms with Crippen molar-refractivity contribution in [2.75, 3.05) is 19.8 Å². The summed E-state index contributed by atoms with van der Waals surface area (Å²) in [6.07, 6.45) is 1.46. The highest BCUT2D eigenvalue weighted by molar-refractivity contribution is 5.28. The van der Waals surface area contributed by atoms with Gasteiger partial charge in [-0.15, -0.1) is 0 Å². The van der Waals surface area contributed by atoms with Gasteiger partial charge in [0.05, 0.1) is 17.4 Å². The number of aromatic nitrogens is 2. The standard InChI is InChI=1S/C16H27N3O4/c1-3-11-12(15(21)19-18-13(11)4-2)9-17-10-14(20)16(22)5-7-23-8-6-16/h14,17,20,22H,3-10H2,1-2H3,(H,19,21). The number of aromatic amines is 1. The van der Waals surface area contributed by atoms with E-state index in [1.54, 1.807) is 0 Å². The highest BCUT2D eigenvalue weighted by Crippen LogP contribution is 2.24. The van der Waals surface area contributed by atoms with Crippen LogP contribution in [0.3, 0.4) is 0 Å². The molecule has 2 heterocycles. The first-order valence-electron chi connectivity index (χ1n) is 8.30. The predicted octanol–water partition coefficient (Wildman–Crippen LogP) is -0.113. The van der Waals surface area contributed by atoms with Crippen molar-refractivity contribution in [2.24, 2.45) is 0 Å². The number of nitrogens with one attached hydrogen (secondary N) is 2. The van der Waals surface area contributed by atoms with Crippen LogP contribution >= 0.6 is 0 Å². The molecular weight excluding hydrogens is 298 g/mol. The number of nitrogens with zero attached hydrogens (tertiary/aromatic N) is 1. The van der Waals surface area contributed by atoms with E-state index in [1.807, 2.05) is 13.8 Å². The first-order chi connectivity index (χ1) is 11.0. The summed E-state index contributed by atoms with van der Waals surface area (Å²) in [5.74, 6) is 0. The summed E-state index contributed by atoms with van der Waals surface area (Å²) in [6.45, 7) is 5.48. The van der Waals surface area contributed by atoms with Crippen LogP contribution in [0.1, 0.15) is 43.5 Å². The normalized spacial score (nSPS) is 18.8. The Bertz CT molecular complexity index is 567. The van der Waals surface area contributed by atoms with E-state index >= 15 is 0 Å². The molecule has 0 spiro atoms. The summed E-state index contributed by atoms with van der Waals surface area (Å²) in [5.41, 5.74) is 1.20. The molecule has 23 heavy (non-hydrogen) atoms. The third kappa shape index (κ3) is 4.17. The Morgan fingerprint density at radius 2 is 2.00 bits per heavy atom. The van der Waals surface area contributed by atoms with Crippen molar-refractivity contribution in [3.63, 3.8) is 0 Å². The van der Waals surface area contributed by atoms with Gasteiger partial charge in [0, 0.05) is 44.7 Å². The van der Waals surface area contributed by atoms with E-state index in [0.29, 0.717) is 38.2 Å². The number of aliphatic hydroxyl groups is 2. The van der Waals surface area contributed by atoms with E-state index in [9.17, 15) is 15.0 Å². The van der Waals surface area contributed by atoms with Gasteiger partial charge in [0.25, 0.3) is 5.56 Å². The maximum absolute atomic E-state index is 12.0. The van der Waals surface area contributed by atoms with Crippen molar-refractivity contribution in [3.8, 4) is 0 Å². The second-order valence-electron chi connectivity index (χ2n) is 6.03. The second-order valence-corrected chi connectivity index (χ2v) is 6.03. The van der Waals surface area contributed by atoms with Crippen LogP contribution < -0.4 is 10.9 Å². The van der Waals surface area contributed by atoms with Crippen molar-refractivity contribution < 1.29 is 14.9 Å². The average molecular weight is 325 g/mol. The van der Waals surface area contributed by atoms with Crippen LogP contribution in [-0.2, 0) is 24.1 Å². The van der Waals surface area contributed by atoms with E-state index in [4.69, 9.17) is 4.74 Å². The Hall–Kier alpha value is -1.28. The predicted molar refractivity (Wildman–Crippen MR) is 86.3 cm³/mol. The zero-order valence-corrected chi connectivity index (χ0v) is 13.9. The lowest BCUT2D eigenvalue weighted by Gasteiger charge is -2.36. The van der Waals surface area contributed by atoms with Gasteiger partial charge in [-0.05, 0) is 18.4 Å². The van der Waals surface area contributed by atoms with E-state index in [0.717, 1.165) is 24.1 Å². The van der Waals surface area contributed by atoms with E-state index in [-0.39, 0.29) is 12.1 Å². The molecule has 0 amide bonds. The van der Waals surface area contributed by atoms with Gasteiger partial charge in [0.1, 0.15) is 0 Å². The molecule has 2 rings (SSSR count). The van der Waals surface area contributed by atoms with Crippen molar-refractivity contribution >= 4 is 0 Å². The summed E-state index contributed by atoms with van der Waals surface area (Å²) >= 11 is 0. The number of rotatable bonds is 7. The zero-order valence-electron chi connectivity index (χ0n) is 13.9. The third-order valence-electron chi connectivity index (χ3n) is 4.59. The smallest absolute Gasteiger partial charge is 0.268 e. The number of hydrogen-bond acceptors (Lipinski definition) is 6.